The van der Waals surface area contributed by atoms with E-state index in [1.807, 2.05) is 46.5 Å². The van der Waals surface area contributed by atoms with Gasteiger partial charge >= 0.3 is 5.69 Å². The number of nitrogens with zero attached hydrogens (tertiary/aromatic N) is 6. The van der Waals surface area contributed by atoms with Crippen LogP contribution in [0.15, 0.2) is 78.0 Å². The third kappa shape index (κ3) is 4.61. The fourth-order valence-corrected chi connectivity index (χ4v) is 3.80. The molecule has 4 aromatic rings. The Kier molecular flexibility index (Phi) is 6.75. The Morgan fingerprint density at radius 3 is 2.59 bits per heavy atom. The number of benzene rings is 2. The van der Waals surface area contributed by atoms with Crippen molar-refractivity contribution in [3.05, 3.63) is 94.9 Å². The van der Waals surface area contributed by atoms with Crippen LogP contribution in [0.4, 0.5) is 0 Å². The Morgan fingerprint density at radius 2 is 1.88 bits per heavy atom. The molecule has 2 heterocycles. The fourth-order valence-electron chi connectivity index (χ4n) is 3.80. The van der Waals surface area contributed by atoms with Crippen LogP contribution in [-0.4, -0.2) is 29.3 Å². The Balaban J connectivity index is 1.61. The van der Waals surface area contributed by atoms with E-state index in [1.54, 1.807) is 11.0 Å². The molecule has 0 saturated heterocycles. The van der Waals surface area contributed by atoms with Crippen molar-refractivity contribution in [2.45, 2.75) is 46.2 Å². The van der Waals surface area contributed by atoms with Gasteiger partial charge < -0.3 is 0 Å². The standard InChI is InChI=1S/C25H28N6O/c1-3-5-9-22-18-29(16-6-4-2)25(32)30(22)17-20-12-14-21(15-13-20)23-10-7-8-11-24(23)31-19-26-27-28-31/h3,5,7-8,10-15,18-19H,4,6,9,16-17H2,1-2H3. The molecule has 0 N–H and O–H groups in total. The SMILES string of the molecule is CC=CCc1cn(CCCC)c(=O)n1Cc1ccc(-c2ccccc2-n2cnnn2)cc1. The predicted octanol–water partition coefficient (Wildman–Crippen LogP) is 4.26. The molecule has 2 aromatic carbocycles. The largest absolute Gasteiger partial charge is 0.328 e. The zero-order valence-electron chi connectivity index (χ0n) is 18.6. The van der Waals surface area contributed by atoms with Crippen molar-refractivity contribution in [3.63, 3.8) is 0 Å². The summed E-state index contributed by atoms with van der Waals surface area (Å²) in [6.45, 7) is 5.46. The molecule has 7 nitrogen and oxygen atoms in total. The quantitative estimate of drug-likeness (QED) is 0.374. The molecule has 0 atom stereocenters. The summed E-state index contributed by atoms with van der Waals surface area (Å²) < 4.78 is 5.40. The van der Waals surface area contributed by atoms with Crippen molar-refractivity contribution in [3.8, 4) is 16.8 Å². The van der Waals surface area contributed by atoms with Crippen molar-refractivity contribution >= 4 is 0 Å². The van der Waals surface area contributed by atoms with E-state index in [-0.39, 0.29) is 5.69 Å². The van der Waals surface area contributed by atoms with E-state index >= 15 is 0 Å². The molecule has 0 aliphatic carbocycles. The monoisotopic (exact) mass is 428 g/mol. The summed E-state index contributed by atoms with van der Waals surface area (Å²) in [4.78, 5) is 13.0. The lowest BCUT2D eigenvalue weighted by atomic mass is 10.0. The average molecular weight is 429 g/mol. The molecule has 164 valence electrons. The molecule has 0 amide bonds. The minimum absolute atomic E-state index is 0.0612. The van der Waals surface area contributed by atoms with Crippen molar-refractivity contribution in [2.75, 3.05) is 0 Å². The molecule has 32 heavy (non-hydrogen) atoms. The highest BCUT2D eigenvalue weighted by molar-refractivity contribution is 5.72. The molecular weight excluding hydrogens is 400 g/mol. The lowest BCUT2D eigenvalue weighted by Crippen LogP contribution is -2.25. The third-order valence-corrected chi connectivity index (χ3v) is 5.55. The summed E-state index contributed by atoms with van der Waals surface area (Å²) in [7, 11) is 0. The van der Waals surface area contributed by atoms with Gasteiger partial charge in [-0.05, 0) is 41.0 Å². The van der Waals surface area contributed by atoms with Crippen LogP contribution in [0.2, 0.25) is 0 Å². The number of hydrogen-bond acceptors (Lipinski definition) is 4. The van der Waals surface area contributed by atoms with Gasteiger partial charge in [0.15, 0.2) is 0 Å². The summed E-state index contributed by atoms with van der Waals surface area (Å²) in [6.07, 6.45) is 10.5. The molecule has 0 aliphatic heterocycles. The van der Waals surface area contributed by atoms with Gasteiger partial charge in [0.25, 0.3) is 0 Å². The van der Waals surface area contributed by atoms with E-state index in [4.69, 9.17) is 0 Å². The molecule has 0 aliphatic rings. The van der Waals surface area contributed by atoms with E-state index in [9.17, 15) is 4.79 Å². The smallest absolute Gasteiger partial charge is 0.299 e. The minimum atomic E-state index is 0.0612. The van der Waals surface area contributed by atoms with Crippen LogP contribution < -0.4 is 5.69 Å². The molecule has 2 aromatic heterocycles. The van der Waals surface area contributed by atoms with E-state index in [1.165, 1.54) is 0 Å². The van der Waals surface area contributed by atoms with E-state index in [2.05, 4.69) is 58.9 Å². The first kappa shape index (κ1) is 21.5. The summed E-state index contributed by atoms with van der Waals surface area (Å²) in [5, 5.41) is 11.5. The maximum Gasteiger partial charge on any atom is 0.328 e. The summed E-state index contributed by atoms with van der Waals surface area (Å²) >= 11 is 0. The second-order valence-electron chi connectivity index (χ2n) is 7.78. The number of tetrazole rings is 1. The first-order valence-corrected chi connectivity index (χ1v) is 11.0. The van der Waals surface area contributed by atoms with Crippen LogP contribution in [0.25, 0.3) is 16.8 Å². The second-order valence-corrected chi connectivity index (χ2v) is 7.78. The van der Waals surface area contributed by atoms with E-state index < -0.39 is 0 Å². The first-order chi connectivity index (χ1) is 15.7. The predicted molar refractivity (Wildman–Crippen MR) is 126 cm³/mol. The highest BCUT2D eigenvalue weighted by Crippen LogP contribution is 2.26. The zero-order chi connectivity index (χ0) is 22.3. The maximum atomic E-state index is 13.0. The van der Waals surface area contributed by atoms with Crippen molar-refractivity contribution in [2.24, 2.45) is 0 Å². The van der Waals surface area contributed by atoms with Crippen molar-refractivity contribution in [1.82, 2.24) is 29.3 Å². The van der Waals surface area contributed by atoms with Crippen molar-refractivity contribution < 1.29 is 0 Å². The number of imidazole rings is 1. The number of para-hydroxylation sites is 1. The van der Waals surface area contributed by atoms with E-state index in [0.717, 1.165) is 53.9 Å². The first-order valence-electron chi connectivity index (χ1n) is 11.0. The fraction of sp³-hybridized carbons (Fsp3) is 0.280. The molecule has 0 fully saturated rings. The summed E-state index contributed by atoms with van der Waals surface area (Å²) in [5.74, 6) is 0. The van der Waals surface area contributed by atoms with Gasteiger partial charge in [-0.25, -0.2) is 4.79 Å². The van der Waals surface area contributed by atoms with Crippen LogP contribution in [0.1, 0.15) is 37.9 Å². The Morgan fingerprint density at radius 1 is 1.06 bits per heavy atom. The normalized spacial score (nSPS) is 11.4. The average Bonchev–Trinajstić information content (AvgIpc) is 3.46. The summed E-state index contributed by atoms with van der Waals surface area (Å²) in [6, 6.07) is 16.4. The number of allylic oxidation sites excluding steroid dienone is 2. The number of aryl methyl sites for hydroxylation is 1. The number of aromatic nitrogens is 6. The lowest BCUT2D eigenvalue weighted by Gasteiger charge is -2.10. The Bertz CT molecular complexity index is 1230. The Labute approximate surface area is 187 Å². The molecule has 7 heteroatoms. The molecule has 0 radical (unpaired) electrons. The van der Waals surface area contributed by atoms with Gasteiger partial charge in [-0.15, -0.1) is 5.10 Å². The molecular formula is C25H28N6O. The van der Waals surface area contributed by atoms with Crippen LogP contribution >= 0.6 is 0 Å². The van der Waals surface area contributed by atoms with Gasteiger partial charge in [0.05, 0.1) is 12.2 Å². The van der Waals surface area contributed by atoms with Crippen LogP contribution in [-0.2, 0) is 19.5 Å². The topological polar surface area (TPSA) is 70.5 Å². The highest BCUT2D eigenvalue weighted by atomic mass is 16.1. The molecule has 0 saturated carbocycles. The molecule has 0 unspecified atom stereocenters. The maximum absolute atomic E-state index is 13.0. The van der Waals surface area contributed by atoms with Gasteiger partial charge in [-0.3, -0.25) is 9.13 Å². The van der Waals surface area contributed by atoms with Gasteiger partial charge in [-0.1, -0.05) is 68.0 Å². The number of unbranched alkanes of at least 4 members (excludes halogenated alkanes) is 1. The number of rotatable bonds is 9. The van der Waals surface area contributed by atoms with Crippen LogP contribution in [0, 0.1) is 0 Å². The van der Waals surface area contributed by atoms with Gasteiger partial charge in [0.1, 0.15) is 6.33 Å². The van der Waals surface area contributed by atoms with Crippen molar-refractivity contribution in [1.29, 1.82) is 0 Å². The van der Waals surface area contributed by atoms with Gasteiger partial charge in [-0.2, -0.15) is 4.68 Å². The molecule has 4 rings (SSSR count). The molecule has 0 spiro atoms. The van der Waals surface area contributed by atoms with Crippen LogP contribution in [0.5, 0.6) is 0 Å². The zero-order valence-corrected chi connectivity index (χ0v) is 18.6. The highest BCUT2D eigenvalue weighted by Gasteiger charge is 2.12. The lowest BCUT2D eigenvalue weighted by molar-refractivity contribution is 0.593. The Hall–Kier alpha value is -3.74. The van der Waals surface area contributed by atoms with Gasteiger partial charge in [0, 0.05) is 30.4 Å². The van der Waals surface area contributed by atoms with Crippen LogP contribution in [0.3, 0.4) is 0 Å². The second kappa shape index (κ2) is 10.0. The van der Waals surface area contributed by atoms with E-state index in [0.29, 0.717) is 6.54 Å². The number of hydrogen-bond donors (Lipinski definition) is 0. The minimum Gasteiger partial charge on any atom is -0.299 e. The van der Waals surface area contributed by atoms with Gasteiger partial charge in [0.2, 0.25) is 0 Å². The third-order valence-electron chi connectivity index (χ3n) is 5.55. The molecule has 0 bridgehead atoms. The summed E-state index contributed by atoms with van der Waals surface area (Å²) in [5.41, 5.74) is 5.22.